The van der Waals surface area contributed by atoms with Crippen molar-refractivity contribution in [2.45, 2.75) is 17.6 Å². The molecule has 1 aromatic carbocycles. The van der Waals surface area contributed by atoms with E-state index in [-0.39, 0.29) is 0 Å². The zero-order chi connectivity index (χ0) is 13.0. The maximum atomic E-state index is 12.4. The molecule has 0 amide bonds. The summed E-state index contributed by atoms with van der Waals surface area (Å²) in [6.07, 6.45) is 1.07. The first-order valence-electron chi connectivity index (χ1n) is 5.69. The van der Waals surface area contributed by atoms with E-state index in [0.29, 0.717) is 47.2 Å². The summed E-state index contributed by atoms with van der Waals surface area (Å²) in [5, 5.41) is 4.00. The third kappa shape index (κ3) is 1.58. The third-order valence-corrected chi connectivity index (χ3v) is 6.35. The predicted octanol–water partition coefficient (Wildman–Crippen LogP) is 2.33. The molecule has 1 fully saturated rings. The van der Waals surface area contributed by atoms with Gasteiger partial charge in [0.05, 0.1) is 10.7 Å². The lowest BCUT2D eigenvalue weighted by Gasteiger charge is -2.32. The van der Waals surface area contributed by atoms with E-state index in [0.717, 1.165) is 0 Å². The molecule has 2 N–H and O–H groups in total. The lowest BCUT2D eigenvalue weighted by Crippen LogP contribution is -2.44. The summed E-state index contributed by atoms with van der Waals surface area (Å²) in [6.45, 7) is 1.34. The van der Waals surface area contributed by atoms with Gasteiger partial charge in [-0.1, -0.05) is 23.2 Å². The summed E-state index contributed by atoms with van der Waals surface area (Å²) in [5.41, 5.74) is 1.20. The van der Waals surface area contributed by atoms with Crippen molar-refractivity contribution in [3.63, 3.8) is 0 Å². The minimum atomic E-state index is -3.44. The fourth-order valence-electron chi connectivity index (χ4n) is 2.78. The van der Waals surface area contributed by atoms with Crippen LogP contribution in [0.2, 0.25) is 10.0 Å². The lowest BCUT2D eigenvalue weighted by molar-refractivity contribution is 0.402. The highest BCUT2D eigenvalue weighted by Crippen LogP contribution is 2.51. The van der Waals surface area contributed by atoms with Crippen LogP contribution in [0.3, 0.4) is 0 Å². The maximum Gasteiger partial charge on any atom is 0.242 e. The normalized spacial score (nSPS) is 23.7. The fourth-order valence-corrected chi connectivity index (χ4v) is 5.25. The molecule has 0 saturated carbocycles. The zero-order valence-electron chi connectivity index (χ0n) is 9.46. The fraction of sp³-hybridized carbons (Fsp3) is 0.455. The molecule has 0 aromatic heterocycles. The van der Waals surface area contributed by atoms with Gasteiger partial charge in [-0.15, -0.1) is 0 Å². The van der Waals surface area contributed by atoms with Crippen LogP contribution in [0.5, 0.6) is 0 Å². The molecule has 18 heavy (non-hydrogen) atoms. The van der Waals surface area contributed by atoms with Gasteiger partial charge in [0.15, 0.2) is 0 Å². The Labute approximate surface area is 116 Å². The number of hydrogen-bond acceptors (Lipinski definition) is 3. The number of anilines is 1. The van der Waals surface area contributed by atoms with E-state index in [1.807, 2.05) is 0 Å². The van der Waals surface area contributed by atoms with Crippen molar-refractivity contribution in [3.05, 3.63) is 27.7 Å². The van der Waals surface area contributed by atoms with Crippen LogP contribution in [0.15, 0.2) is 12.1 Å². The van der Waals surface area contributed by atoms with Gasteiger partial charge in [-0.2, -0.15) is 0 Å². The van der Waals surface area contributed by atoms with Crippen LogP contribution in [0.4, 0.5) is 5.69 Å². The number of hydrogen-bond donors (Lipinski definition) is 2. The van der Waals surface area contributed by atoms with Crippen LogP contribution in [0.25, 0.3) is 0 Å². The van der Waals surface area contributed by atoms with Crippen molar-refractivity contribution in [1.82, 2.24) is 5.32 Å². The molecule has 1 saturated heterocycles. The van der Waals surface area contributed by atoms with Crippen LogP contribution >= 0.6 is 23.2 Å². The number of benzene rings is 1. The first-order chi connectivity index (χ1) is 8.46. The minimum absolute atomic E-state index is 0.358. The van der Waals surface area contributed by atoms with E-state index in [9.17, 15) is 8.42 Å². The van der Waals surface area contributed by atoms with E-state index < -0.39 is 14.8 Å². The van der Waals surface area contributed by atoms with Gasteiger partial charge >= 0.3 is 0 Å². The quantitative estimate of drug-likeness (QED) is 0.773. The molecule has 2 aliphatic heterocycles. The topological polar surface area (TPSA) is 58.2 Å². The van der Waals surface area contributed by atoms with Gasteiger partial charge in [0, 0.05) is 10.6 Å². The van der Waals surface area contributed by atoms with Crippen molar-refractivity contribution in [2.24, 2.45) is 0 Å². The zero-order valence-corrected chi connectivity index (χ0v) is 11.8. The Morgan fingerprint density at radius 1 is 1.17 bits per heavy atom. The summed E-state index contributed by atoms with van der Waals surface area (Å²) < 4.78 is 26.5. The van der Waals surface area contributed by atoms with E-state index in [2.05, 4.69) is 10.0 Å². The SMILES string of the molecule is O=S1(=O)Nc2c(Cl)cc(Cl)cc2C12CCNCC2. The molecular formula is C11H12Cl2N2O2S. The highest BCUT2D eigenvalue weighted by atomic mass is 35.5. The summed E-state index contributed by atoms with van der Waals surface area (Å²) in [6, 6.07) is 3.27. The molecule has 3 rings (SSSR count). The van der Waals surface area contributed by atoms with Crippen molar-refractivity contribution < 1.29 is 8.42 Å². The number of fused-ring (bicyclic) bond motifs is 2. The predicted molar refractivity (Wildman–Crippen MR) is 72.8 cm³/mol. The molecule has 0 unspecified atom stereocenters. The largest absolute Gasteiger partial charge is 0.317 e. The second-order valence-corrected chi connectivity index (χ2v) is 7.50. The van der Waals surface area contributed by atoms with Crippen LogP contribution in [0, 0.1) is 0 Å². The van der Waals surface area contributed by atoms with Gasteiger partial charge in [0.1, 0.15) is 4.75 Å². The molecule has 0 aliphatic carbocycles. The summed E-state index contributed by atoms with van der Waals surface area (Å²) >= 11 is 12.1. The number of sulfonamides is 1. The Morgan fingerprint density at radius 2 is 1.83 bits per heavy atom. The first kappa shape index (κ1) is 12.5. The Morgan fingerprint density at radius 3 is 2.50 bits per heavy atom. The molecule has 4 nitrogen and oxygen atoms in total. The molecule has 0 bridgehead atoms. The van der Waals surface area contributed by atoms with Crippen LogP contribution in [-0.4, -0.2) is 21.5 Å². The van der Waals surface area contributed by atoms with Crippen molar-refractivity contribution in [2.75, 3.05) is 17.8 Å². The number of piperidine rings is 1. The molecule has 0 atom stereocenters. The average Bonchev–Trinajstić information content (AvgIpc) is 2.52. The molecule has 98 valence electrons. The molecule has 1 aromatic rings. The number of rotatable bonds is 0. The van der Waals surface area contributed by atoms with Crippen LogP contribution in [-0.2, 0) is 14.8 Å². The monoisotopic (exact) mass is 306 g/mol. The van der Waals surface area contributed by atoms with Gasteiger partial charge in [-0.05, 0) is 38.1 Å². The maximum absolute atomic E-state index is 12.4. The van der Waals surface area contributed by atoms with E-state index >= 15 is 0 Å². The third-order valence-electron chi connectivity index (χ3n) is 3.71. The summed E-state index contributed by atoms with van der Waals surface area (Å²) in [4.78, 5) is 0. The van der Waals surface area contributed by atoms with Gasteiger partial charge < -0.3 is 5.32 Å². The Kier molecular flexibility index (Phi) is 2.79. The average molecular weight is 307 g/mol. The highest BCUT2D eigenvalue weighted by Gasteiger charge is 2.52. The van der Waals surface area contributed by atoms with Crippen LogP contribution in [0.1, 0.15) is 18.4 Å². The first-order valence-corrected chi connectivity index (χ1v) is 7.93. The second-order valence-electron chi connectivity index (χ2n) is 4.66. The van der Waals surface area contributed by atoms with Gasteiger partial charge in [-0.25, -0.2) is 8.42 Å². The van der Waals surface area contributed by atoms with Gasteiger partial charge in [0.25, 0.3) is 0 Å². The van der Waals surface area contributed by atoms with Gasteiger partial charge in [0.2, 0.25) is 10.0 Å². The van der Waals surface area contributed by atoms with E-state index in [1.165, 1.54) is 0 Å². The lowest BCUT2D eigenvalue weighted by atomic mass is 9.88. The second kappa shape index (κ2) is 4.00. The van der Waals surface area contributed by atoms with E-state index in [4.69, 9.17) is 23.2 Å². The Hall–Kier alpha value is -0.490. The standard InChI is InChI=1S/C11H12Cl2N2O2S/c12-7-5-8-10(9(13)6-7)15-18(16,17)11(8)1-3-14-4-2-11/h5-6,14-15H,1-4H2. The van der Waals surface area contributed by atoms with Gasteiger partial charge in [-0.3, -0.25) is 4.72 Å². The van der Waals surface area contributed by atoms with E-state index in [1.54, 1.807) is 12.1 Å². The number of nitrogens with one attached hydrogen (secondary N) is 2. The minimum Gasteiger partial charge on any atom is -0.317 e. The van der Waals surface area contributed by atoms with Crippen molar-refractivity contribution in [1.29, 1.82) is 0 Å². The molecular weight excluding hydrogens is 295 g/mol. The van der Waals surface area contributed by atoms with Crippen molar-refractivity contribution in [3.8, 4) is 0 Å². The Balaban J connectivity index is 2.27. The molecule has 0 radical (unpaired) electrons. The highest BCUT2D eigenvalue weighted by molar-refractivity contribution is 7.94. The van der Waals surface area contributed by atoms with Crippen LogP contribution < -0.4 is 10.0 Å². The molecule has 2 heterocycles. The molecule has 7 heteroatoms. The molecule has 2 aliphatic rings. The number of halogens is 2. The smallest absolute Gasteiger partial charge is 0.242 e. The summed E-state index contributed by atoms with van der Waals surface area (Å²) in [5.74, 6) is 0. The summed E-state index contributed by atoms with van der Waals surface area (Å²) in [7, 11) is -3.44. The Bertz CT molecular complexity index is 610. The molecule has 1 spiro atoms. The van der Waals surface area contributed by atoms with Crippen molar-refractivity contribution >= 4 is 38.9 Å².